The normalized spacial score (nSPS) is 17.7. The molecule has 3 N–H and O–H groups in total. The molecule has 0 bridgehead atoms. The molecule has 1 heterocycles. The Labute approximate surface area is 116 Å². The zero-order valence-electron chi connectivity index (χ0n) is 10.3. The second kappa shape index (κ2) is 4.97. The van der Waals surface area contributed by atoms with Crippen molar-refractivity contribution in [2.24, 2.45) is 0 Å². The van der Waals surface area contributed by atoms with Gasteiger partial charge in [0.1, 0.15) is 0 Å². The van der Waals surface area contributed by atoms with Crippen molar-refractivity contribution in [3.05, 3.63) is 54.1 Å². The number of benzene rings is 2. The topological polar surface area (TPSA) is 55.1 Å². The SMILES string of the molecule is Nc1ccc2c(c1)NC(=O)C(Cc1ccccc1)S2. The minimum atomic E-state index is -0.0847. The van der Waals surface area contributed by atoms with Gasteiger partial charge in [0, 0.05) is 10.6 Å². The third-order valence-corrected chi connectivity index (χ3v) is 4.36. The lowest BCUT2D eigenvalue weighted by molar-refractivity contribution is -0.115. The van der Waals surface area contributed by atoms with Gasteiger partial charge in [-0.05, 0) is 30.2 Å². The fraction of sp³-hybridized carbons (Fsp3) is 0.133. The van der Waals surface area contributed by atoms with Crippen LogP contribution in [0.5, 0.6) is 0 Å². The number of carbonyl (C=O) groups is 1. The largest absolute Gasteiger partial charge is 0.399 e. The highest BCUT2D eigenvalue weighted by Crippen LogP contribution is 2.37. The summed E-state index contributed by atoms with van der Waals surface area (Å²) in [5.41, 5.74) is 8.39. The van der Waals surface area contributed by atoms with E-state index in [0.29, 0.717) is 5.69 Å². The van der Waals surface area contributed by atoms with E-state index in [0.717, 1.165) is 17.0 Å². The van der Waals surface area contributed by atoms with Crippen molar-refractivity contribution in [2.75, 3.05) is 11.1 Å². The highest BCUT2D eigenvalue weighted by molar-refractivity contribution is 8.01. The van der Waals surface area contributed by atoms with Crippen LogP contribution < -0.4 is 11.1 Å². The molecule has 1 atom stereocenters. The second-order valence-corrected chi connectivity index (χ2v) is 5.79. The van der Waals surface area contributed by atoms with Gasteiger partial charge in [-0.1, -0.05) is 30.3 Å². The van der Waals surface area contributed by atoms with Crippen LogP contribution in [0, 0.1) is 0 Å². The van der Waals surface area contributed by atoms with Crippen LogP contribution in [-0.2, 0) is 11.2 Å². The number of fused-ring (bicyclic) bond motifs is 1. The van der Waals surface area contributed by atoms with E-state index >= 15 is 0 Å². The Morgan fingerprint density at radius 3 is 2.74 bits per heavy atom. The molecular weight excluding hydrogens is 256 g/mol. The maximum Gasteiger partial charge on any atom is 0.238 e. The molecule has 0 aromatic heterocycles. The van der Waals surface area contributed by atoms with Crippen LogP contribution in [0.25, 0.3) is 0 Å². The number of rotatable bonds is 2. The molecule has 0 radical (unpaired) electrons. The molecule has 0 saturated carbocycles. The molecule has 3 rings (SSSR count). The molecule has 96 valence electrons. The Morgan fingerprint density at radius 1 is 1.16 bits per heavy atom. The van der Waals surface area contributed by atoms with Gasteiger partial charge >= 0.3 is 0 Å². The summed E-state index contributed by atoms with van der Waals surface area (Å²) in [6.45, 7) is 0. The van der Waals surface area contributed by atoms with E-state index in [1.54, 1.807) is 17.8 Å². The molecule has 1 unspecified atom stereocenters. The molecular formula is C15H14N2OS. The number of anilines is 2. The first kappa shape index (κ1) is 12.1. The quantitative estimate of drug-likeness (QED) is 0.825. The van der Waals surface area contributed by atoms with Gasteiger partial charge in [-0.3, -0.25) is 4.79 Å². The number of nitrogens with one attached hydrogen (secondary N) is 1. The van der Waals surface area contributed by atoms with E-state index in [1.165, 1.54) is 5.56 Å². The molecule has 3 nitrogen and oxygen atoms in total. The summed E-state index contributed by atoms with van der Waals surface area (Å²) in [6, 6.07) is 15.7. The van der Waals surface area contributed by atoms with E-state index in [2.05, 4.69) is 5.32 Å². The predicted molar refractivity (Wildman–Crippen MR) is 79.3 cm³/mol. The lowest BCUT2D eigenvalue weighted by Gasteiger charge is -2.24. The van der Waals surface area contributed by atoms with Crippen molar-refractivity contribution >= 4 is 29.0 Å². The van der Waals surface area contributed by atoms with Crippen LogP contribution >= 0.6 is 11.8 Å². The Balaban J connectivity index is 1.82. The molecule has 2 aromatic rings. The fourth-order valence-electron chi connectivity index (χ4n) is 2.13. The Kier molecular flexibility index (Phi) is 3.17. The van der Waals surface area contributed by atoms with Crippen LogP contribution in [0.1, 0.15) is 5.56 Å². The number of carbonyl (C=O) groups excluding carboxylic acids is 1. The van der Waals surface area contributed by atoms with Gasteiger partial charge in [0.05, 0.1) is 10.9 Å². The van der Waals surface area contributed by atoms with E-state index in [4.69, 9.17) is 5.73 Å². The highest BCUT2D eigenvalue weighted by Gasteiger charge is 2.26. The van der Waals surface area contributed by atoms with Crippen LogP contribution in [-0.4, -0.2) is 11.2 Å². The Bertz CT molecular complexity index is 613. The number of nitrogen functional groups attached to an aromatic ring is 1. The van der Waals surface area contributed by atoms with Gasteiger partial charge in [-0.25, -0.2) is 0 Å². The van der Waals surface area contributed by atoms with Gasteiger partial charge in [0.2, 0.25) is 5.91 Å². The molecule has 2 aromatic carbocycles. The van der Waals surface area contributed by atoms with Gasteiger partial charge < -0.3 is 11.1 Å². The molecule has 0 spiro atoms. The highest BCUT2D eigenvalue weighted by atomic mass is 32.2. The van der Waals surface area contributed by atoms with E-state index in [9.17, 15) is 4.79 Å². The smallest absolute Gasteiger partial charge is 0.238 e. The Morgan fingerprint density at radius 2 is 1.95 bits per heavy atom. The third kappa shape index (κ3) is 2.58. The zero-order valence-corrected chi connectivity index (χ0v) is 11.1. The lowest BCUT2D eigenvalue weighted by Crippen LogP contribution is -2.30. The summed E-state index contributed by atoms with van der Waals surface area (Å²) >= 11 is 1.60. The fourth-order valence-corrected chi connectivity index (χ4v) is 3.26. The molecule has 1 aliphatic heterocycles. The molecule has 1 aliphatic rings. The van der Waals surface area contributed by atoms with E-state index < -0.39 is 0 Å². The number of hydrogen-bond acceptors (Lipinski definition) is 3. The number of thioether (sulfide) groups is 1. The summed E-state index contributed by atoms with van der Waals surface area (Å²) in [6.07, 6.45) is 0.737. The van der Waals surface area contributed by atoms with Crippen LogP contribution in [0.2, 0.25) is 0 Å². The summed E-state index contributed by atoms with van der Waals surface area (Å²) in [5, 5.41) is 2.85. The number of hydrogen-bond donors (Lipinski definition) is 2. The molecule has 0 fully saturated rings. The molecule has 0 aliphatic carbocycles. The van der Waals surface area contributed by atoms with Gasteiger partial charge in [0.25, 0.3) is 0 Å². The first-order chi connectivity index (χ1) is 9.22. The summed E-state index contributed by atoms with van der Waals surface area (Å²) in [7, 11) is 0. The monoisotopic (exact) mass is 270 g/mol. The first-order valence-electron chi connectivity index (χ1n) is 6.13. The summed E-state index contributed by atoms with van der Waals surface area (Å²) in [5.74, 6) is 0.0481. The van der Waals surface area contributed by atoms with Crippen molar-refractivity contribution in [3.63, 3.8) is 0 Å². The molecule has 0 saturated heterocycles. The average molecular weight is 270 g/mol. The minimum Gasteiger partial charge on any atom is -0.399 e. The van der Waals surface area contributed by atoms with Crippen molar-refractivity contribution in [1.82, 2.24) is 0 Å². The van der Waals surface area contributed by atoms with Gasteiger partial charge in [-0.2, -0.15) is 0 Å². The van der Waals surface area contributed by atoms with Crippen LogP contribution in [0.4, 0.5) is 11.4 Å². The first-order valence-corrected chi connectivity index (χ1v) is 7.01. The third-order valence-electron chi connectivity index (χ3n) is 3.09. The number of nitrogens with two attached hydrogens (primary N) is 1. The zero-order chi connectivity index (χ0) is 13.2. The van der Waals surface area contributed by atoms with E-state index in [1.807, 2.05) is 42.5 Å². The average Bonchev–Trinajstić information content (AvgIpc) is 2.41. The maximum absolute atomic E-state index is 12.1. The molecule has 1 amide bonds. The molecule has 4 heteroatoms. The van der Waals surface area contributed by atoms with Crippen molar-refractivity contribution in [2.45, 2.75) is 16.6 Å². The van der Waals surface area contributed by atoms with Crippen LogP contribution in [0.15, 0.2) is 53.4 Å². The van der Waals surface area contributed by atoms with Crippen molar-refractivity contribution in [3.8, 4) is 0 Å². The second-order valence-electron chi connectivity index (χ2n) is 4.54. The molecule has 19 heavy (non-hydrogen) atoms. The Hall–Kier alpha value is -1.94. The summed E-state index contributed by atoms with van der Waals surface area (Å²) in [4.78, 5) is 13.2. The predicted octanol–water partition coefficient (Wildman–Crippen LogP) is 2.92. The van der Waals surface area contributed by atoms with Gasteiger partial charge in [0.15, 0.2) is 0 Å². The van der Waals surface area contributed by atoms with Crippen LogP contribution in [0.3, 0.4) is 0 Å². The standard InChI is InChI=1S/C15H14N2OS/c16-11-6-7-13-12(9-11)17-15(18)14(19-13)8-10-4-2-1-3-5-10/h1-7,9,14H,8,16H2,(H,17,18). The summed E-state index contributed by atoms with van der Waals surface area (Å²) < 4.78 is 0. The van der Waals surface area contributed by atoms with Crippen molar-refractivity contribution in [1.29, 1.82) is 0 Å². The van der Waals surface area contributed by atoms with E-state index in [-0.39, 0.29) is 11.2 Å². The maximum atomic E-state index is 12.1. The lowest BCUT2D eigenvalue weighted by atomic mass is 10.1. The van der Waals surface area contributed by atoms with Gasteiger partial charge in [-0.15, -0.1) is 11.8 Å². The van der Waals surface area contributed by atoms with Crippen molar-refractivity contribution < 1.29 is 4.79 Å². The number of amides is 1. The minimum absolute atomic E-state index is 0.0481.